The Labute approximate surface area is 164 Å². The summed E-state index contributed by atoms with van der Waals surface area (Å²) in [4.78, 5) is 14.7. The van der Waals surface area contributed by atoms with Crippen molar-refractivity contribution in [1.82, 2.24) is 4.90 Å². The number of carbonyl (C=O) groups is 1. The Morgan fingerprint density at radius 1 is 1.21 bits per heavy atom. The van der Waals surface area contributed by atoms with E-state index in [0.717, 1.165) is 30.8 Å². The minimum atomic E-state index is -0.637. The molecular weight excluding hydrogens is 356 g/mol. The number of likely N-dealkylation sites (tertiary alicyclic amines) is 1. The Bertz CT molecular complexity index is 901. The van der Waals surface area contributed by atoms with Gasteiger partial charge in [-0.05, 0) is 48.7 Å². The molecule has 144 valence electrons. The highest BCUT2D eigenvalue weighted by atomic mass is 16.5. The van der Waals surface area contributed by atoms with Crippen LogP contribution in [0.25, 0.3) is 0 Å². The largest absolute Gasteiger partial charge is 0.497 e. The van der Waals surface area contributed by atoms with Gasteiger partial charge in [-0.1, -0.05) is 18.2 Å². The van der Waals surface area contributed by atoms with Crippen LogP contribution in [0.4, 0.5) is 0 Å². The van der Waals surface area contributed by atoms with E-state index in [1.165, 1.54) is 0 Å². The fourth-order valence-corrected chi connectivity index (χ4v) is 3.81. The third-order valence-corrected chi connectivity index (χ3v) is 5.23. The molecule has 0 saturated carbocycles. The van der Waals surface area contributed by atoms with Crippen molar-refractivity contribution in [3.05, 3.63) is 59.7 Å². The van der Waals surface area contributed by atoms with Crippen molar-refractivity contribution in [3.8, 4) is 17.6 Å². The SMILES string of the molecule is COc1cccc([C@@H]2[C@H](Oc3cccc(C#N)c3)C(=O)N2C[C@H]2CCCO2)c1. The van der Waals surface area contributed by atoms with E-state index in [4.69, 9.17) is 19.5 Å². The van der Waals surface area contributed by atoms with Gasteiger partial charge in [0.05, 0.1) is 24.8 Å². The highest BCUT2D eigenvalue weighted by Crippen LogP contribution is 2.39. The van der Waals surface area contributed by atoms with Crippen molar-refractivity contribution in [1.29, 1.82) is 5.26 Å². The Morgan fingerprint density at radius 2 is 2.04 bits per heavy atom. The molecule has 6 nitrogen and oxygen atoms in total. The predicted molar refractivity (Wildman–Crippen MR) is 102 cm³/mol. The van der Waals surface area contributed by atoms with E-state index in [2.05, 4.69) is 6.07 Å². The second kappa shape index (κ2) is 7.91. The van der Waals surface area contributed by atoms with Crippen LogP contribution in [-0.4, -0.2) is 43.3 Å². The number of nitriles is 1. The normalized spacial score (nSPS) is 23.8. The topological polar surface area (TPSA) is 71.8 Å². The lowest BCUT2D eigenvalue weighted by Gasteiger charge is -2.47. The number of rotatable bonds is 6. The number of benzene rings is 2. The molecule has 3 atom stereocenters. The summed E-state index contributed by atoms with van der Waals surface area (Å²) in [6, 6.07) is 16.4. The second-order valence-electron chi connectivity index (χ2n) is 7.03. The van der Waals surface area contributed by atoms with Gasteiger partial charge in [0.2, 0.25) is 6.10 Å². The van der Waals surface area contributed by atoms with E-state index in [1.807, 2.05) is 29.2 Å². The summed E-state index contributed by atoms with van der Waals surface area (Å²) in [6.45, 7) is 1.30. The number of methoxy groups -OCH3 is 1. The van der Waals surface area contributed by atoms with Crippen LogP contribution in [0, 0.1) is 11.3 Å². The van der Waals surface area contributed by atoms with E-state index < -0.39 is 6.10 Å². The molecule has 2 saturated heterocycles. The monoisotopic (exact) mass is 378 g/mol. The number of nitrogens with zero attached hydrogens (tertiary/aromatic N) is 2. The van der Waals surface area contributed by atoms with Crippen molar-refractivity contribution >= 4 is 5.91 Å². The molecule has 1 amide bonds. The second-order valence-corrected chi connectivity index (χ2v) is 7.03. The van der Waals surface area contributed by atoms with Crippen molar-refractivity contribution < 1.29 is 19.0 Å². The Balaban J connectivity index is 1.60. The molecule has 0 spiro atoms. The van der Waals surface area contributed by atoms with E-state index in [0.29, 0.717) is 17.9 Å². The maximum absolute atomic E-state index is 12.9. The molecule has 2 aromatic rings. The van der Waals surface area contributed by atoms with Gasteiger partial charge in [0.1, 0.15) is 17.5 Å². The molecule has 2 aliphatic heterocycles. The Morgan fingerprint density at radius 3 is 2.79 bits per heavy atom. The zero-order valence-corrected chi connectivity index (χ0v) is 15.7. The first-order chi connectivity index (χ1) is 13.7. The van der Waals surface area contributed by atoms with Gasteiger partial charge >= 0.3 is 0 Å². The lowest BCUT2D eigenvalue weighted by atomic mass is 9.89. The summed E-state index contributed by atoms with van der Waals surface area (Å²) < 4.78 is 17.1. The first kappa shape index (κ1) is 18.3. The molecule has 6 heteroatoms. The van der Waals surface area contributed by atoms with Crippen LogP contribution < -0.4 is 9.47 Å². The molecule has 0 bridgehead atoms. The fraction of sp³-hybridized carbons (Fsp3) is 0.364. The molecule has 0 radical (unpaired) electrons. The van der Waals surface area contributed by atoms with Crippen LogP contribution in [0.15, 0.2) is 48.5 Å². The number of carbonyl (C=O) groups excluding carboxylic acids is 1. The van der Waals surface area contributed by atoms with Crippen LogP contribution >= 0.6 is 0 Å². The highest BCUT2D eigenvalue weighted by Gasteiger charge is 2.51. The molecule has 4 rings (SSSR count). The standard InChI is InChI=1S/C22H22N2O4/c1-26-17-7-3-6-16(12-17)20-21(28-18-8-2-5-15(11-18)13-23)22(25)24(20)14-19-9-4-10-27-19/h2-3,5-8,11-12,19-21H,4,9-10,14H2,1H3/t19-,20-,21+/m1/s1. The quantitative estimate of drug-likeness (QED) is 0.723. The maximum atomic E-state index is 12.9. The average molecular weight is 378 g/mol. The van der Waals surface area contributed by atoms with E-state index in [1.54, 1.807) is 31.4 Å². The van der Waals surface area contributed by atoms with Crippen LogP contribution in [0.1, 0.15) is 30.0 Å². The van der Waals surface area contributed by atoms with Gasteiger partial charge in [0.25, 0.3) is 5.91 Å². The fourth-order valence-electron chi connectivity index (χ4n) is 3.81. The van der Waals surface area contributed by atoms with Crippen molar-refractivity contribution in [2.45, 2.75) is 31.1 Å². The Hall–Kier alpha value is -3.04. The van der Waals surface area contributed by atoms with Gasteiger partial charge in [-0.15, -0.1) is 0 Å². The van der Waals surface area contributed by atoms with Gasteiger partial charge in [-0.2, -0.15) is 5.26 Å². The van der Waals surface area contributed by atoms with E-state index in [-0.39, 0.29) is 18.1 Å². The molecule has 0 aromatic heterocycles. The third kappa shape index (κ3) is 3.54. The van der Waals surface area contributed by atoms with Crippen LogP contribution in [0.2, 0.25) is 0 Å². The molecule has 2 heterocycles. The average Bonchev–Trinajstić information content (AvgIpc) is 3.26. The number of amides is 1. The van der Waals surface area contributed by atoms with Crippen molar-refractivity contribution in [2.24, 2.45) is 0 Å². The molecule has 2 aromatic carbocycles. The first-order valence-electron chi connectivity index (χ1n) is 9.42. The van der Waals surface area contributed by atoms with E-state index in [9.17, 15) is 4.79 Å². The zero-order chi connectivity index (χ0) is 19.5. The molecule has 28 heavy (non-hydrogen) atoms. The minimum absolute atomic E-state index is 0.0642. The number of hydrogen-bond donors (Lipinski definition) is 0. The molecule has 0 unspecified atom stereocenters. The molecule has 0 N–H and O–H groups in total. The van der Waals surface area contributed by atoms with Gasteiger partial charge in [-0.25, -0.2) is 0 Å². The van der Waals surface area contributed by atoms with Crippen LogP contribution in [0.5, 0.6) is 11.5 Å². The summed E-state index contributed by atoms with van der Waals surface area (Å²) >= 11 is 0. The lowest BCUT2D eigenvalue weighted by Crippen LogP contribution is -2.62. The summed E-state index contributed by atoms with van der Waals surface area (Å²) in [5.74, 6) is 1.19. The summed E-state index contributed by atoms with van der Waals surface area (Å²) in [7, 11) is 1.62. The van der Waals surface area contributed by atoms with Crippen LogP contribution in [0.3, 0.4) is 0 Å². The highest BCUT2D eigenvalue weighted by molar-refractivity contribution is 5.89. The maximum Gasteiger partial charge on any atom is 0.266 e. The smallest absolute Gasteiger partial charge is 0.266 e. The summed E-state index contributed by atoms with van der Waals surface area (Å²) in [6.07, 6.45) is 1.42. The molecular formula is C22H22N2O4. The van der Waals surface area contributed by atoms with Crippen molar-refractivity contribution in [3.63, 3.8) is 0 Å². The van der Waals surface area contributed by atoms with E-state index >= 15 is 0 Å². The Kier molecular flexibility index (Phi) is 5.18. The summed E-state index contributed by atoms with van der Waals surface area (Å²) in [5.41, 5.74) is 1.46. The first-order valence-corrected chi connectivity index (χ1v) is 9.42. The van der Waals surface area contributed by atoms with Gasteiger partial charge in [0, 0.05) is 13.2 Å². The molecule has 2 aliphatic rings. The lowest BCUT2D eigenvalue weighted by molar-refractivity contribution is -0.167. The predicted octanol–water partition coefficient (Wildman–Crippen LogP) is 3.08. The third-order valence-electron chi connectivity index (χ3n) is 5.23. The molecule has 0 aliphatic carbocycles. The zero-order valence-electron chi connectivity index (χ0n) is 15.7. The number of hydrogen-bond acceptors (Lipinski definition) is 5. The molecule has 2 fully saturated rings. The van der Waals surface area contributed by atoms with Gasteiger partial charge < -0.3 is 19.1 Å². The summed E-state index contributed by atoms with van der Waals surface area (Å²) in [5, 5.41) is 9.10. The minimum Gasteiger partial charge on any atom is -0.497 e. The number of ether oxygens (including phenoxy) is 3. The van der Waals surface area contributed by atoms with Crippen LogP contribution in [-0.2, 0) is 9.53 Å². The van der Waals surface area contributed by atoms with Crippen molar-refractivity contribution in [2.75, 3.05) is 20.3 Å². The van der Waals surface area contributed by atoms with Gasteiger partial charge in [-0.3, -0.25) is 4.79 Å². The van der Waals surface area contributed by atoms with Gasteiger partial charge in [0.15, 0.2) is 0 Å². The number of β-lactam (4-membered cyclic amide) rings is 1.